The Morgan fingerprint density at radius 1 is 0.829 bits per heavy atom. The van der Waals surface area contributed by atoms with Crippen molar-refractivity contribution in [2.45, 2.75) is 25.7 Å². The van der Waals surface area contributed by atoms with Gasteiger partial charge in [-0.2, -0.15) is 0 Å². The first-order valence-electron chi connectivity index (χ1n) is 10.6. The summed E-state index contributed by atoms with van der Waals surface area (Å²) in [7, 11) is -4.02. The van der Waals surface area contributed by atoms with Gasteiger partial charge in [-0.1, -0.05) is 35.3 Å². The average molecular weight is 535 g/mol. The first kappa shape index (κ1) is 26.3. The van der Waals surface area contributed by atoms with Gasteiger partial charge in [0.15, 0.2) is 0 Å². The lowest BCUT2D eigenvalue weighted by atomic mass is 10.1. The fourth-order valence-corrected chi connectivity index (χ4v) is 4.54. The molecule has 11 heteroatoms. The standard InChI is InChI=1S/C24H24Cl2N4O4S/c1-4-27-24(32)28-16-7-6-15(3)22(12-16)29-23(31)19-13-18(9-10-20(19)25)35(33,34)30-17-8-5-14(2)21(26)11-17/h5-13,30H,4H2,1-3H3,(H,29,31)(H2,27,28,32). The number of aryl methyl sites for hydroxylation is 2. The molecule has 0 aliphatic carbocycles. The molecule has 3 amide bonds. The predicted octanol–water partition coefficient (Wildman–Crippen LogP) is 5.80. The number of nitrogens with one attached hydrogen (secondary N) is 4. The van der Waals surface area contributed by atoms with Crippen molar-refractivity contribution in [3.63, 3.8) is 0 Å². The van der Waals surface area contributed by atoms with Crippen molar-refractivity contribution in [2.75, 3.05) is 21.9 Å². The minimum Gasteiger partial charge on any atom is -0.338 e. The van der Waals surface area contributed by atoms with Gasteiger partial charge < -0.3 is 16.0 Å². The minimum absolute atomic E-state index is 0.0297. The molecule has 0 saturated carbocycles. The van der Waals surface area contributed by atoms with Crippen molar-refractivity contribution in [3.05, 3.63) is 81.3 Å². The fraction of sp³-hybridized carbons (Fsp3) is 0.167. The molecule has 3 aromatic carbocycles. The molecule has 0 radical (unpaired) electrons. The molecule has 0 aromatic heterocycles. The Kier molecular flexibility index (Phi) is 8.26. The van der Waals surface area contributed by atoms with Gasteiger partial charge in [-0.3, -0.25) is 9.52 Å². The number of rotatable bonds is 7. The third kappa shape index (κ3) is 6.66. The second-order valence-electron chi connectivity index (χ2n) is 7.68. The Morgan fingerprint density at radius 3 is 2.20 bits per heavy atom. The number of carbonyl (C=O) groups is 2. The number of hydrogen-bond acceptors (Lipinski definition) is 4. The van der Waals surface area contributed by atoms with E-state index < -0.39 is 15.9 Å². The van der Waals surface area contributed by atoms with Gasteiger partial charge in [-0.25, -0.2) is 13.2 Å². The van der Waals surface area contributed by atoms with E-state index in [0.717, 1.165) is 11.1 Å². The van der Waals surface area contributed by atoms with E-state index in [2.05, 4.69) is 20.7 Å². The van der Waals surface area contributed by atoms with Crippen molar-refractivity contribution in [1.82, 2.24) is 5.32 Å². The minimum atomic E-state index is -4.02. The number of anilines is 3. The van der Waals surface area contributed by atoms with Crippen LogP contribution in [0.4, 0.5) is 21.9 Å². The second kappa shape index (κ2) is 11.0. The zero-order valence-electron chi connectivity index (χ0n) is 19.2. The van der Waals surface area contributed by atoms with Gasteiger partial charge in [0.25, 0.3) is 15.9 Å². The van der Waals surface area contributed by atoms with Crippen molar-refractivity contribution in [1.29, 1.82) is 0 Å². The second-order valence-corrected chi connectivity index (χ2v) is 10.2. The Balaban J connectivity index is 1.85. The maximum absolute atomic E-state index is 13.0. The van der Waals surface area contributed by atoms with E-state index in [-0.39, 0.29) is 27.2 Å². The first-order chi connectivity index (χ1) is 16.5. The summed E-state index contributed by atoms with van der Waals surface area (Å²) in [5.41, 5.74) is 2.70. The SMILES string of the molecule is CCNC(=O)Nc1ccc(C)c(NC(=O)c2cc(S(=O)(=O)Nc3ccc(C)c(Cl)c3)ccc2Cl)c1. The number of hydrogen-bond donors (Lipinski definition) is 4. The fourth-order valence-electron chi connectivity index (χ4n) is 3.08. The van der Waals surface area contributed by atoms with Gasteiger partial charge in [-0.15, -0.1) is 0 Å². The Bertz CT molecular complexity index is 1390. The van der Waals surface area contributed by atoms with Crippen LogP contribution in [0.1, 0.15) is 28.4 Å². The monoisotopic (exact) mass is 534 g/mol. The van der Waals surface area contributed by atoms with Crippen LogP contribution in [0.3, 0.4) is 0 Å². The lowest BCUT2D eigenvalue weighted by Gasteiger charge is -2.14. The molecule has 184 valence electrons. The highest BCUT2D eigenvalue weighted by atomic mass is 35.5. The molecule has 0 bridgehead atoms. The zero-order chi connectivity index (χ0) is 25.8. The van der Waals surface area contributed by atoms with Crippen LogP contribution in [0.15, 0.2) is 59.5 Å². The van der Waals surface area contributed by atoms with Gasteiger partial charge in [0, 0.05) is 22.9 Å². The van der Waals surface area contributed by atoms with Crippen LogP contribution in [0, 0.1) is 13.8 Å². The summed E-state index contributed by atoms with van der Waals surface area (Å²) in [4.78, 5) is 24.7. The number of benzene rings is 3. The molecule has 0 unspecified atom stereocenters. The van der Waals surface area contributed by atoms with Gasteiger partial charge in [0.05, 0.1) is 21.2 Å². The number of sulfonamides is 1. The molecule has 4 N–H and O–H groups in total. The molecule has 0 aliphatic heterocycles. The number of urea groups is 1. The van der Waals surface area contributed by atoms with Crippen LogP contribution in [0.5, 0.6) is 0 Å². The molecule has 0 saturated heterocycles. The molecule has 3 aromatic rings. The highest BCUT2D eigenvalue weighted by Gasteiger charge is 2.20. The van der Waals surface area contributed by atoms with E-state index in [1.807, 2.05) is 0 Å². The van der Waals surface area contributed by atoms with Gasteiger partial charge in [0.1, 0.15) is 0 Å². The van der Waals surface area contributed by atoms with Crippen LogP contribution in [0.25, 0.3) is 0 Å². The van der Waals surface area contributed by atoms with Crippen molar-refractivity contribution in [2.24, 2.45) is 0 Å². The highest BCUT2D eigenvalue weighted by Crippen LogP contribution is 2.27. The predicted molar refractivity (Wildman–Crippen MR) is 140 cm³/mol. The largest absolute Gasteiger partial charge is 0.338 e. The van der Waals surface area contributed by atoms with Crippen molar-refractivity contribution < 1.29 is 18.0 Å². The van der Waals surface area contributed by atoms with Crippen molar-refractivity contribution >= 4 is 62.2 Å². The molecular formula is C24H24Cl2N4O4S. The molecule has 0 atom stereocenters. The Hall–Kier alpha value is -3.27. The summed E-state index contributed by atoms with van der Waals surface area (Å²) in [5.74, 6) is -0.608. The molecule has 0 heterocycles. The number of amides is 3. The molecule has 0 spiro atoms. The summed E-state index contributed by atoms with van der Waals surface area (Å²) in [6.45, 7) is 5.84. The van der Waals surface area contributed by atoms with Gasteiger partial charge >= 0.3 is 6.03 Å². The third-order valence-corrected chi connectivity index (χ3v) is 7.11. The molecule has 8 nitrogen and oxygen atoms in total. The van der Waals surface area contributed by atoms with E-state index in [0.29, 0.717) is 22.9 Å². The Labute approximate surface area is 214 Å². The molecular weight excluding hydrogens is 511 g/mol. The smallest absolute Gasteiger partial charge is 0.319 e. The van der Waals surface area contributed by atoms with E-state index in [1.54, 1.807) is 51.1 Å². The third-order valence-electron chi connectivity index (χ3n) is 5.00. The molecule has 3 rings (SSSR count). The van der Waals surface area contributed by atoms with Gasteiger partial charge in [-0.05, 0) is 74.4 Å². The first-order valence-corrected chi connectivity index (χ1v) is 12.8. The van der Waals surface area contributed by atoms with Crippen LogP contribution >= 0.6 is 23.2 Å². The Morgan fingerprint density at radius 2 is 1.51 bits per heavy atom. The quantitative estimate of drug-likeness (QED) is 0.306. The maximum Gasteiger partial charge on any atom is 0.319 e. The zero-order valence-corrected chi connectivity index (χ0v) is 21.5. The van der Waals surface area contributed by atoms with Crippen LogP contribution in [-0.2, 0) is 10.0 Å². The summed E-state index contributed by atoms with van der Waals surface area (Å²) < 4.78 is 28.3. The number of carbonyl (C=O) groups excluding carboxylic acids is 2. The summed E-state index contributed by atoms with van der Waals surface area (Å²) >= 11 is 12.3. The molecule has 0 aliphatic rings. The maximum atomic E-state index is 13.0. The van der Waals surface area contributed by atoms with E-state index in [4.69, 9.17) is 23.2 Å². The van der Waals surface area contributed by atoms with Gasteiger partial charge in [0.2, 0.25) is 0 Å². The van der Waals surface area contributed by atoms with Crippen LogP contribution in [0.2, 0.25) is 10.0 Å². The average Bonchev–Trinajstić information content (AvgIpc) is 2.78. The van der Waals surface area contributed by atoms with E-state index in [9.17, 15) is 18.0 Å². The summed E-state index contributed by atoms with van der Waals surface area (Å²) in [5, 5.41) is 8.51. The molecule has 35 heavy (non-hydrogen) atoms. The summed E-state index contributed by atoms with van der Waals surface area (Å²) in [6, 6.07) is 13.3. The van der Waals surface area contributed by atoms with E-state index >= 15 is 0 Å². The lowest BCUT2D eigenvalue weighted by molar-refractivity contribution is 0.102. The van der Waals surface area contributed by atoms with Crippen molar-refractivity contribution in [3.8, 4) is 0 Å². The number of halogens is 2. The lowest BCUT2D eigenvalue weighted by Crippen LogP contribution is -2.28. The van der Waals surface area contributed by atoms with Crippen LogP contribution < -0.4 is 20.7 Å². The highest BCUT2D eigenvalue weighted by molar-refractivity contribution is 7.92. The van der Waals surface area contributed by atoms with Crippen LogP contribution in [-0.4, -0.2) is 26.9 Å². The normalized spacial score (nSPS) is 11.0. The summed E-state index contributed by atoms with van der Waals surface area (Å²) in [6.07, 6.45) is 0. The topological polar surface area (TPSA) is 116 Å². The molecule has 0 fully saturated rings. The van der Waals surface area contributed by atoms with E-state index in [1.165, 1.54) is 24.3 Å².